The molecular formula is C16H28N2O2S. The Labute approximate surface area is 129 Å². The molecule has 0 aliphatic rings. The number of hydrogen-bond donors (Lipinski definition) is 2. The van der Waals surface area contributed by atoms with E-state index < -0.39 is 10.0 Å². The molecule has 2 N–H and O–H groups in total. The van der Waals surface area contributed by atoms with Gasteiger partial charge in [0.15, 0.2) is 0 Å². The van der Waals surface area contributed by atoms with Crippen LogP contribution in [0.3, 0.4) is 0 Å². The lowest BCUT2D eigenvalue weighted by Crippen LogP contribution is -2.30. The lowest BCUT2D eigenvalue weighted by molar-refractivity contribution is 0.549. The first-order valence-electron chi connectivity index (χ1n) is 7.61. The highest BCUT2D eigenvalue weighted by atomic mass is 32.2. The molecule has 1 atom stereocenters. The molecule has 0 heterocycles. The van der Waals surface area contributed by atoms with E-state index in [4.69, 9.17) is 0 Å². The summed E-state index contributed by atoms with van der Waals surface area (Å²) in [6, 6.07) is 8.12. The summed E-state index contributed by atoms with van der Waals surface area (Å²) in [6.45, 7) is 8.92. The highest BCUT2D eigenvalue weighted by Crippen LogP contribution is 2.17. The van der Waals surface area contributed by atoms with Crippen LogP contribution in [0.4, 0.5) is 0 Å². The van der Waals surface area contributed by atoms with Gasteiger partial charge in [-0.05, 0) is 44.4 Å². The molecule has 1 rings (SSSR count). The van der Waals surface area contributed by atoms with E-state index in [9.17, 15) is 8.42 Å². The van der Waals surface area contributed by atoms with E-state index in [1.54, 1.807) is 0 Å². The maximum atomic E-state index is 12.1. The molecule has 1 aromatic rings. The predicted molar refractivity (Wildman–Crippen MR) is 88.9 cm³/mol. The monoisotopic (exact) mass is 312 g/mol. The highest BCUT2D eigenvalue weighted by Gasteiger charge is 2.16. The Morgan fingerprint density at radius 1 is 1.10 bits per heavy atom. The quantitative estimate of drug-likeness (QED) is 0.689. The van der Waals surface area contributed by atoms with E-state index in [2.05, 4.69) is 23.9 Å². The van der Waals surface area contributed by atoms with Crippen molar-refractivity contribution in [3.05, 3.63) is 35.4 Å². The number of unbranched alkanes of at least 4 members (excludes halogenated alkanes) is 1. The third kappa shape index (κ3) is 7.07. The first-order valence-corrected chi connectivity index (χ1v) is 9.26. The summed E-state index contributed by atoms with van der Waals surface area (Å²) in [4.78, 5) is 0. The van der Waals surface area contributed by atoms with E-state index in [0.717, 1.165) is 24.1 Å². The first-order chi connectivity index (χ1) is 9.82. The molecule has 120 valence electrons. The average Bonchev–Trinajstić information content (AvgIpc) is 2.37. The molecule has 1 unspecified atom stereocenters. The van der Waals surface area contributed by atoms with Crippen molar-refractivity contribution >= 4 is 10.0 Å². The standard InChI is InChI=1S/C16H28N2O2S/c1-13(2)17-11-7-8-12-21(19,20)18-15(4)16-10-6-5-9-14(16)3/h5-6,9-10,13,15,17-18H,7-8,11-12H2,1-4H3. The molecule has 0 aliphatic carbocycles. The third-order valence-corrected chi connectivity index (χ3v) is 4.94. The van der Waals surface area contributed by atoms with Crippen LogP contribution in [-0.2, 0) is 10.0 Å². The third-order valence-electron chi connectivity index (χ3n) is 3.40. The van der Waals surface area contributed by atoms with Gasteiger partial charge in [-0.2, -0.15) is 0 Å². The molecule has 0 amide bonds. The van der Waals surface area contributed by atoms with Gasteiger partial charge in [0.05, 0.1) is 5.75 Å². The van der Waals surface area contributed by atoms with E-state index in [1.807, 2.05) is 38.1 Å². The molecule has 0 aliphatic heterocycles. The van der Waals surface area contributed by atoms with E-state index in [-0.39, 0.29) is 11.8 Å². The van der Waals surface area contributed by atoms with Crippen molar-refractivity contribution in [2.45, 2.75) is 52.6 Å². The Hall–Kier alpha value is -0.910. The summed E-state index contributed by atoms with van der Waals surface area (Å²) in [5.41, 5.74) is 2.14. The molecule has 0 saturated carbocycles. The van der Waals surface area contributed by atoms with Gasteiger partial charge >= 0.3 is 0 Å². The smallest absolute Gasteiger partial charge is 0.212 e. The van der Waals surface area contributed by atoms with Crippen molar-refractivity contribution in [1.29, 1.82) is 0 Å². The van der Waals surface area contributed by atoms with Gasteiger partial charge in [0.2, 0.25) is 10.0 Å². The topological polar surface area (TPSA) is 58.2 Å². The Balaban J connectivity index is 2.43. The zero-order valence-electron chi connectivity index (χ0n) is 13.5. The lowest BCUT2D eigenvalue weighted by Gasteiger charge is -2.16. The van der Waals surface area contributed by atoms with Crippen LogP contribution in [-0.4, -0.2) is 26.8 Å². The number of nitrogens with one attached hydrogen (secondary N) is 2. The van der Waals surface area contributed by atoms with E-state index >= 15 is 0 Å². The maximum absolute atomic E-state index is 12.1. The van der Waals surface area contributed by atoms with E-state index in [0.29, 0.717) is 12.5 Å². The largest absolute Gasteiger partial charge is 0.315 e. The van der Waals surface area contributed by atoms with Crippen LogP contribution in [0, 0.1) is 6.92 Å². The average molecular weight is 312 g/mol. The second-order valence-electron chi connectivity index (χ2n) is 5.83. The van der Waals surface area contributed by atoms with Gasteiger partial charge in [-0.1, -0.05) is 38.1 Å². The molecule has 0 radical (unpaired) electrons. The van der Waals surface area contributed by atoms with Gasteiger partial charge in [0.25, 0.3) is 0 Å². The van der Waals surface area contributed by atoms with E-state index in [1.165, 1.54) is 0 Å². The second-order valence-corrected chi connectivity index (χ2v) is 7.70. The summed E-state index contributed by atoms with van der Waals surface area (Å²) in [5.74, 6) is 0.184. The van der Waals surface area contributed by atoms with Crippen LogP contribution >= 0.6 is 0 Å². The van der Waals surface area contributed by atoms with Gasteiger partial charge in [0, 0.05) is 12.1 Å². The van der Waals surface area contributed by atoms with Crippen LogP contribution in [0.15, 0.2) is 24.3 Å². The van der Waals surface area contributed by atoms with Crippen LogP contribution in [0.25, 0.3) is 0 Å². The van der Waals surface area contributed by atoms with Crippen LogP contribution in [0.1, 0.15) is 50.8 Å². The Bertz CT molecular complexity index is 527. The maximum Gasteiger partial charge on any atom is 0.212 e. The molecule has 1 aromatic carbocycles. The SMILES string of the molecule is Cc1ccccc1C(C)NS(=O)(=O)CCCCNC(C)C. The minimum Gasteiger partial charge on any atom is -0.315 e. The minimum atomic E-state index is -3.22. The van der Waals surface area contributed by atoms with Crippen molar-refractivity contribution in [2.24, 2.45) is 0 Å². The highest BCUT2D eigenvalue weighted by molar-refractivity contribution is 7.89. The molecule has 0 spiro atoms. The molecular weight excluding hydrogens is 284 g/mol. The van der Waals surface area contributed by atoms with Gasteiger partial charge in [-0.25, -0.2) is 13.1 Å². The van der Waals surface area contributed by atoms with Gasteiger partial charge in [-0.15, -0.1) is 0 Å². The number of hydrogen-bond acceptors (Lipinski definition) is 3. The molecule has 0 saturated heterocycles. The Kier molecular flexibility index (Phi) is 7.35. The molecule has 5 heteroatoms. The second kappa shape index (κ2) is 8.51. The Morgan fingerprint density at radius 2 is 1.76 bits per heavy atom. The molecule has 4 nitrogen and oxygen atoms in total. The van der Waals surface area contributed by atoms with Crippen molar-refractivity contribution in [3.8, 4) is 0 Å². The summed E-state index contributed by atoms with van der Waals surface area (Å²) >= 11 is 0. The molecule has 0 bridgehead atoms. The van der Waals surface area contributed by atoms with Gasteiger partial charge in [0.1, 0.15) is 0 Å². The van der Waals surface area contributed by atoms with Crippen molar-refractivity contribution < 1.29 is 8.42 Å². The minimum absolute atomic E-state index is 0.184. The lowest BCUT2D eigenvalue weighted by atomic mass is 10.0. The van der Waals surface area contributed by atoms with Crippen molar-refractivity contribution in [2.75, 3.05) is 12.3 Å². The zero-order valence-corrected chi connectivity index (χ0v) is 14.3. The van der Waals surface area contributed by atoms with Crippen LogP contribution in [0.2, 0.25) is 0 Å². The van der Waals surface area contributed by atoms with Crippen LogP contribution in [0.5, 0.6) is 0 Å². The molecule has 0 aromatic heterocycles. The van der Waals surface area contributed by atoms with Gasteiger partial charge in [-0.3, -0.25) is 0 Å². The van der Waals surface area contributed by atoms with Crippen molar-refractivity contribution in [1.82, 2.24) is 10.0 Å². The number of rotatable bonds is 9. The fourth-order valence-electron chi connectivity index (χ4n) is 2.27. The fraction of sp³-hybridized carbons (Fsp3) is 0.625. The number of aryl methyl sites for hydroxylation is 1. The molecule has 0 fully saturated rings. The summed E-state index contributed by atoms with van der Waals surface area (Å²) in [7, 11) is -3.22. The normalized spacial score (nSPS) is 13.6. The summed E-state index contributed by atoms with van der Waals surface area (Å²) in [5, 5.41) is 3.29. The number of sulfonamides is 1. The van der Waals surface area contributed by atoms with Gasteiger partial charge < -0.3 is 5.32 Å². The zero-order chi connectivity index (χ0) is 15.9. The number of benzene rings is 1. The van der Waals surface area contributed by atoms with Crippen molar-refractivity contribution in [3.63, 3.8) is 0 Å². The Morgan fingerprint density at radius 3 is 2.38 bits per heavy atom. The summed E-state index contributed by atoms with van der Waals surface area (Å²) in [6.07, 6.45) is 1.55. The van der Waals surface area contributed by atoms with Crippen LogP contribution < -0.4 is 10.0 Å². The first kappa shape index (κ1) is 18.1. The predicted octanol–water partition coefficient (Wildman–Crippen LogP) is 2.75. The fourth-order valence-corrected chi connectivity index (χ4v) is 3.64. The summed E-state index contributed by atoms with van der Waals surface area (Å²) < 4.78 is 26.9. The molecule has 21 heavy (non-hydrogen) atoms.